The van der Waals surface area contributed by atoms with Gasteiger partial charge in [0, 0.05) is 19.4 Å². The quantitative estimate of drug-likeness (QED) is 0.460. The zero-order valence-electron chi connectivity index (χ0n) is 8.17. The number of thiol groups is 1. The highest BCUT2D eigenvalue weighted by Gasteiger charge is 2.12. The molecule has 0 aliphatic heterocycles. The van der Waals surface area contributed by atoms with Gasteiger partial charge in [0.2, 0.25) is 0 Å². The number of hydrogen-bond acceptors (Lipinski definition) is 2. The summed E-state index contributed by atoms with van der Waals surface area (Å²) in [5, 5.41) is 0.374. The Hall–Kier alpha value is 0.780. The van der Waals surface area contributed by atoms with E-state index in [4.69, 9.17) is 0 Å². The minimum absolute atomic E-state index is 0.374. The van der Waals surface area contributed by atoms with Crippen LogP contribution in [-0.4, -0.2) is 0 Å². The molecule has 1 rings (SSSR count). The monoisotopic (exact) mass is 326 g/mol. The highest BCUT2D eigenvalue weighted by molar-refractivity contribution is 14.1. The van der Waals surface area contributed by atoms with Crippen molar-refractivity contribution in [3.8, 4) is 0 Å². The molecule has 0 saturated carbocycles. The molecule has 74 valence electrons. The van der Waals surface area contributed by atoms with Crippen LogP contribution in [0, 0.1) is 0 Å². The number of alkyl halides is 1. The molecule has 0 aliphatic rings. The molecule has 0 fully saturated rings. The number of thiophene rings is 1. The molecule has 0 aromatic carbocycles. The Kier molecular flexibility index (Phi) is 4.58. The maximum atomic E-state index is 4.46. The van der Waals surface area contributed by atoms with Gasteiger partial charge < -0.3 is 0 Å². The van der Waals surface area contributed by atoms with Crippen LogP contribution in [0.2, 0.25) is 0 Å². The van der Waals surface area contributed by atoms with E-state index in [0.717, 1.165) is 4.43 Å². The highest BCUT2D eigenvalue weighted by atomic mass is 127. The lowest BCUT2D eigenvalue weighted by atomic mass is 10.1. The smallest absolute Gasteiger partial charge is 0.0333 e. The first kappa shape index (κ1) is 11.9. The first-order chi connectivity index (χ1) is 6.06. The second-order valence-corrected chi connectivity index (χ2v) is 6.16. The van der Waals surface area contributed by atoms with E-state index < -0.39 is 0 Å². The van der Waals surface area contributed by atoms with Gasteiger partial charge >= 0.3 is 0 Å². The Morgan fingerprint density at radius 2 is 2.08 bits per heavy atom. The maximum Gasteiger partial charge on any atom is 0.0333 e. The third-order valence-electron chi connectivity index (χ3n) is 1.94. The molecule has 13 heavy (non-hydrogen) atoms. The summed E-state index contributed by atoms with van der Waals surface area (Å²) in [6.45, 7) is 6.65. The van der Waals surface area contributed by atoms with Crippen LogP contribution < -0.4 is 0 Å². The van der Waals surface area contributed by atoms with Gasteiger partial charge in [-0.2, -0.15) is 12.6 Å². The summed E-state index contributed by atoms with van der Waals surface area (Å²) < 4.78 is 1.11. The number of halogens is 1. The van der Waals surface area contributed by atoms with Crippen molar-refractivity contribution in [2.45, 2.75) is 36.4 Å². The van der Waals surface area contributed by atoms with Crippen molar-refractivity contribution in [3.63, 3.8) is 0 Å². The van der Waals surface area contributed by atoms with Crippen LogP contribution in [0.25, 0.3) is 0 Å². The van der Waals surface area contributed by atoms with E-state index >= 15 is 0 Å². The van der Waals surface area contributed by atoms with E-state index in [1.807, 2.05) is 11.3 Å². The van der Waals surface area contributed by atoms with Gasteiger partial charge in [-0.05, 0) is 24.5 Å². The average Bonchev–Trinajstić information content (AvgIpc) is 2.47. The molecule has 1 aromatic heterocycles. The van der Waals surface area contributed by atoms with E-state index in [0.29, 0.717) is 11.2 Å². The maximum absolute atomic E-state index is 4.46. The van der Waals surface area contributed by atoms with Crippen LogP contribution in [0.15, 0.2) is 6.07 Å². The normalized spacial score (nSPS) is 13.7. The van der Waals surface area contributed by atoms with Crippen molar-refractivity contribution >= 4 is 46.6 Å². The van der Waals surface area contributed by atoms with Crippen molar-refractivity contribution in [3.05, 3.63) is 21.4 Å². The molecule has 0 saturated heterocycles. The standard InChI is InChI=1S/C10H15IS2/c1-6(2)10-8(5-11)4-9(13-10)7(3)12/h4,6-7,12H,5H2,1-3H3. The van der Waals surface area contributed by atoms with Crippen LogP contribution in [-0.2, 0) is 4.43 Å². The fourth-order valence-corrected chi connectivity index (χ4v) is 3.51. The molecule has 0 aliphatic carbocycles. The first-order valence-electron chi connectivity index (χ1n) is 4.42. The van der Waals surface area contributed by atoms with Gasteiger partial charge in [-0.3, -0.25) is 0 Å². The fraction of sp³-hybridized carbons (Fsp3) is 0.600. The average molecular weight is 326 g/mol. The summed E-state index contributed by atoms with van der Waals surface area (Å²) in [7, 11) is 0. The van der Waals surface area contributed by atoms with Gasteiger partial charge in [-0.15, -0.1) is 11.3 Å². The fourth-order valence-electron chi connectivity index (χ4n) is 1.26. The zero-order valence-corrected chi connectivity index (χ0v) is 12.0. The van der Waals surface area contributed by atoms with E-state index in [1.54, 1.807) is 0 Å². The molecule has 1 aromatic rings. The van der Waals surface area contributed by atoms with Crippen LogP contribution in [0.1, 0.15) is 47.3 Å². The van der Waals surface area contributed by atoms with Crippen molar-refractivity contribution in [2.24, 2.45) is 0 Å². The topological polar surface area (TPSA) is 0 Å². The second kappa shape index (κ2) is 5.03. The Balaban J connectivity index is 3.04. The SMILES string of the molecule is CC(C)c1sc(C(C)S)cc1CI. The summed E-state index contributed by atoms with van der Waals surface area (Å²) >= 11 is 8.81. The zero-order chi connectivity index (χ0) is 10.0. The number of hydrogen-bond donors (Lipinski definition) is 1. The van der Waals surface area contributed by atoms with Crippen molar-refractivity contribution in [1.82, 2.24) is 0 Å². The summed E-state index contributed by atoms with van der Waals surface area (Å²) in [5.74, 6) is 0.649. The Bertz CT molecular complexity index is 276. The van der Waals surface area contributed by atoms with Crippen LogP contribution >= 0.6 is 46.6 Å². The lowest BCUT2D eigenvalue weighted by Crippen LogP contribution is -1.85. The Morgan fingerprint density at radius 1 is 1.46 bits per heavy atom. The predicted octanol–water partition coefficient (Wildman–Crippen LogP) is 4.80. The Morgan fingerprint density at radius 3 is 2.38 bits per heavy atom. The van der Waals surface area contributed by atoms with Gasteiger partial charge in [-0.25, -0.2) is 0 Å². The molecule has 0 bridgehead atoms. The number of rotatable bonds is 3. The molecule has 1 unspecified atom stereocenters. The summed E-state index contributed by atoms with van der Waals surface area (Å²) in [4.78, 5) is 2.93. The molecule has 1 heterocycles. The molecular formula is C10H15IS2. The van der Waals surface area contributed by atoms with Gasteiger partial charge in [0.25, 0.3) is 0 Å². The van der Waals surface area contributed by atoms with Gasteiger partial charge in [-0.1, -0.05) is 36.4 Å². The highest BCUT2D eigenvalue weighted by Crippen LogP contribution is 2.35. The van der Waals surface area contributed by atoms with Crippen molar-refractivity contribution in [2.75, 3.05) is 0 Å². The molecule has 0 spiro atoms. The van der Waals surface area contributed by atoms with Crippen LogP contribution in [0.4, 0.5) is 0 Å². The van der Waals surface area contributed by atoms with E-state index in [2.05, 4.69) is 62.1 Å². The van der Waals surface area contributed by atoms with E-state index in [-0.39, 0.29) is 0 Å². The summed E-state index contributed by atoms with van der Waals surface area (Å²) in [5.41, 5.74) is 1.50. The van der Waals surface area contributed by atoms with Crippen molar-refractivity contribution in [1.29, 1.82) is 0 Å². The van der Waals surface area contributed by atoms with Gasteiger partial charge in [0.05, 0.1) is 0 Å². The predicted molar refractivity (Wildman–Crippen MR) is 73.5 cm³/mol. The third-order valence-corrected chi connectivity index (χ3v) is 4.88. The lowest BCUT2D eigenvalue weighted by Gasteiger charge is -2.03. The van der Waals surface area contributed by atoms with Gasteiger partial charge in [0.15, 0.2) is 0 Å². The van der Waals surface area contributed by atoms with Crippen LogP contribution in [0.5, 0.6) is 0 Å². The lowest BCUT2D eigenvalue weighted by molar-refractivity contribution is 0.880. The molecule has 1 atom stereocenters. The summed E-state index contributed by atoms with van der Waals surface area (Å²) in [6.07, 6.45) is 0. The first-order valence-corrected chi connectivity index (χ1v) is 7.28. The van der Waals surface area contributed by atoms with E-state index in [1.165, 1.54) is 15.3 Å². The Labute approximate surface area is 104 Å². The minimum Gasteiger partial charge on any atom is -0.171 e. The minimum atomic E-state index is 0.374. The molecule has 3 heteroatoms. The molecular weight excluding hydrogens is 311 g/mol. The largest absolute Gasteiger partial charge is 0.171 e. The molecule has 0 amide bonds. The molecule has 0 nitrogen and oxygen atoms in total. The molecule has 0 N–H and O–H groups in total. The third kappa shape index (κ3) is 2.86. The van der Waals surface area contributed by atoms with E-state index in [9.17, 15) is 0 Å². The second-order valence-electron chi connectivity index (χ2n) is 3.50. The summed E-state index contributed by atoms with van der Waals surface area (Å²) in [6, 6.07) is 2.31. The van der Waals surface area contributed by atoms with Crippen molar-refractivity contribution < 1.29 is 0 Å². The van der Waals surface area contributed by atoms with Gasteiger partial charge in [0.1, 0.15) is 0 Å². The molecule has 0 radical (unpaired) electrons. The van der Waals surface area contributed by atoms with Crippen LogP contribution in [0.3, 0.4) is 0 Å².